The van der Waals surface area contributed by atoms with Gasteiger partial charge in [-0.25, -0.2) is 0 Å². The van der Waals surface area contributed by atoms with Crippen molar-refractivity contribution in [2.75, 3.05) is 11.4 Å². The summed E-state index contributed by atoms with van der Waals surface area (Å²) >= 11 is 5.89. The molecule has 1 amide bonds. The summed E-state index contributed by atoms with van der Waals surface area (Å²) < 4.78 is 0. The molecule has 0 spiro atoms. The first-order valence-electron chi connectivity index (χ1n) is 9.45. The summed E-state index contributed by atoms with van der Waals surface area (Å²) in [5, 5.41) is 11.9. The average molecular weight is 406 g/mol. The molecule has 1 heterocycles. The summed E-state index contributed by atoms with van der Waals surface area (Å²) in [6.45, 7) is 0.428. The number of aliphatic hydroxyl groups is 1. The minimum atomic E-state index is -1.87. The van der Waals surface area contributed by atoms with Crippen LogP contribution in [0.4, 0.5) is 5.69 Å². The summed E-state index contributed by atoms with van der Waals surface area (Å²) in [6, 6.07) is 23.4. The minimum absolute atomic E-state index is 0.308. The van der Waals surface area contributed by atoms with Crippen LogP contribution in [0.25, 0.3) is 0 Å². The Morgan fingerprint density at radius 1 is 0.931 bits per heavy atom. The van der Waals surface area contributed by atoms with Crippen molar-refractivity contribution < 1.29 is 14.7 Å². The van der Waals surface area contributed by atoms with Crippen LogP contribution in [-0.4, -0.2) is 23.3 Å². The van der Waals surface area contributed by atoms with Gasteiger partial charge in [-0.3, -0.25) is 9.59 Å². The lowest BCUT2D eigenvalue weighted by Gasteiger charge is -2.23. The van der Waals surface area contributed by atoms with Gasteiger partial charge < -0.3 is 10.0 Å². The second-order valence-electron chi connectivity index (χ2n) is 7.18. The molecule has 3 aromatic rings. The minimum Gasteiger partial charge on any atom is -0.375 e. The van der Waals surface area contributed by atoms with Crippen molar-refractivity contribution in [3.8, 4) is 0 Å². The smallest absolute Gasteiger partial charge is 0.264 e. The van der Waals surface area contributed by atoms with Gasteiger partial charge in [-0.1, -0.05) is 60.1 Å². The molecule has 0 bridgehead atoms. The van der Waals surface area contributed by atoms with E-state index in [-0.39, 0.29) is 12.2 Å². The van der Waals surface area contributed by atoms with Crippen LogP contribution in [0.2, 0.25) is 5.02 Å². The Morgan fingerprint density at radius 2 is 1.59 bits per heavy atom. The van der Waals surface area contributed by atoms with Gasteiger partial charge in [0.15, 0.2) is 11.4 Å². The van der Waals surface area contributed by atoms with Gasteiger partial charge in [-0.15, -0.1) is 0 Å². The van der Waals surface area contributed by atoms with Crippen molar-refractivity contribution >= 4 is 29.0 Å². The van der Waals surface area contributed by atoms with Gasteiger partial charge in [0.2, 0.25) is 0 Å². The van der Waals surface area contributed by atoms with Crippen LogP contribution < -0.4 is 4.90 Å². The number of Topliss-reactive ketones (excluding diaryl/α,β-unsaturated/α-hetero) is 1. The quantitative estimate of drug-likeness (QED) is 0.619. The lowest BCUT2D eigenvalue weighted by Crippen LogP contribution is -2.42. The highest BCUT2D eigenvalue weighted by molar-refractivity contribution is 6.30. The maximum Gasteiger partial charge on any atom is 0.264 e. The molecule has 29 heavy (non-hydrogen) atoms. The molecule has 0 saturated heterocycles. The third-order valence-corrected chi connectivity index (χ3v) is 5.54. The second-order valence-corrected chi connectivity index (χ2v) is 7.61. The topological polar surface area (TPSA) is 57.6 Å². The van der Waals surface area contributed by atoms with E-state index in [0.29, 0.717) is 34.8 Å². The van der Waals surface area contributed by atoms with Gasteiger partial charge in [0.25, 0.3) is 5.91 Å². The number of nitrogens with zero attached hydrogens (tertiary/aromatic N) is 1. The molecule has 4 nitrogen and oxygen atoms in total. The fourth-order valence-electron chi connectivity index (χ4n) is 3.76. The zero-order valence-electron chi connectivity index (χ0n) is 15.7. The largest absolute Gasteiger partial charge is 0.375 e. The predicted molar refractivity (Wildman–Crippen MR) is 113 cm³/mol. The number of carbonyl (C=O) groups is 2. The first kappa shape index (κ1) is 19.4. The van der Waals surface area contributed by atoms with Crippen LogP contribution in [-0.2, 0) is 16.8 Å². The van der Waals surface area contributed by atoms with E-state index in [1.165, 1.54) is 0 Å². The number of anilines is 1. The number of ketones is 1. The van der Waals surface area contributed by atoms with E-state index in [0.717, 1.165) is 5.56 Å². The molecule has 0 aliphatic carbocycles. The first-order chi connectivity index (χ1) is 14.0. The van der Waals surface area contributed by atoms with Crippen LogP contribution in [0, 0.1) is 0 Å². The van der Waals surface area contributed by atoms with Crippen LogP contribution in [0.1, 0.15) is 27.9 Å². The summed E-state index contributed by atoms with van der Waals surface area (Å²) in [5.41, 5.74) is 0.769. The number of para-hydroxylation sites is 1. The lowest BCUT2D eigenvalue weighted by molar-refractivity contribution is -0.135. The Hall–Kier alpha value is -2.95. The Bertz CT molecular complexity index is 1050. The fourth-order valence-corrected chi connectivity index (χ4v) is 3.88. The van der Waals surface area contributed by atoms with E-state index < -0.39 is 11.5 Å². The highest BCUT2D eigenvalue weighted by Crippen LogP contribution is 2.42. The molecule has 0 unspecified atom stereocenters. The molecule has 1 atom stereocenters. The van der Waals surface area contributed by atoms with Gasteiger partial charge in [0.1, 0.15) is 0 Å². The monoisotopic (exact) mass is 405 g/mol. The molecule has 1 N–H and O–H groups in total. The third-order valence-electron chi connectivity index (χ3n) is 5.29. The SMILES string of the molecule is O=C(C[C@@]1(O)C(=O)N(CCc2ccccc2)c2ccccc21)c1ccc(Cl)cc1. The van der Waals surface area contributed by atoms with Crippen molar-refractivity contribution in [3.05, 3.63) is 101 Å². The van der Waals surface area contributed by atoms with Crippen molar-refractivity contribution in [1.29, 1.82) is 0 Å². The number of hydrogen-bond donors (Lipinski definition) is 1. The van der Waals surface area contributed by atoms with Gasteiger partial charge in [0.05, 0.1) is 12.1 Å². The van der Waals surface area contributed by atoms with E-state index >= 15 is 0 Å². The molecular weight excluding hydrogens is 386 g/mol. The molecule has 0 radical (unpaired) electrons. The summed E-state index contributed by atoms with van der Waals surface area (Å²) in [4.78, 5) is 27.6. The zero-order valence-corrected chi connectivity index (χ0v) is 16.5. The molecule has 0 saturated carbocycles. The molecule has 1 aliphatic heterocycles. The van der Waals surface area contributed by atoms with Gasteiger partial charge >= 0.3 is 0 Å². The number of fused-ring (bicyclic) bond motifs is 1. The molecule has 146 valence electrons. The predicted octanol–water partition coefficient (Wildman–Crippen LogP) is 4.39. The number of benzene rings is 3. The number of carbonyl (C=O) groups excluding carboxylic acids is 2. The maximum atomic E-state index is 13.2. The first-order valence-corrected chi connectivity index (χ1v) is 9.83. The molecule has 0 fully saturated rings. The van der Waals surface area contributed by atoms with Crippen LogP contribution in [0.15, 0.2) is 78.9 Å². The lowest BCUT2D eigenvalue weighted by atomic mass is 9.88. The number of rotatable bonds is 6. The Morgan fingerprint density at radius 3 is 2.31 bits per heavy atom. The van der Waals surface area contributed by atoms with Crippen LogP contribution in [0.5, 0.6) is 0 Å². The van der Waals surface area contributed by atoms with Gasteiger partial charge in [0, 0.05) is 22.7 Å². The normalized spacial score (nSPS) is 18.0. The van der Waals surface area contributed by atoms with Crippen molar-refractivity contribution in [2.45, 2.75) is 18.4 Å². The molecule has 1 aliphatic rings. The second kappa shape index (κ2) is 7.82. The summed E-state index contributed by atoms with van der Waals surface area (Å²) in [6.07, 6.45) is 0.342. The van der Waals surface area contributed by atoms with Gasteiger partial charge in [-0.05, 0) is 42.3 Å². The molecular formula is C24H20ClNO3. The van der Waals surface area contributed by atoms with Crippen LogP contribution in [0.3, 0.4) is 0 Å². The van der Waals surface area contributed by atoms with E-state index in [1.807, 2.05) is 42.5 Å². The van der Waals surface area contributed by atoms with Gasteiger partial charge in [-0.2, -0.15) is 0 Å². The number of amides is 1. The average Bonchev–Trinajstić information content (AvgIpc) is 2.95. The summed E-state index contributed by atoms with van der Waals surface area (Å²) in [7, 11) is 0. The Kier molecular flexibility index (Phi) is 5.22. The number of hydrogen-bond acceptors (Lipinski definition) is 3. The standard InChI is InChI=1S/C24H20ClNO3/c25-19-12-10-18(11-13-19)22(27)16-24(29)20-8-4-5-9-21(20)26(23(24)28)15-14-17-6-2-1-3-7-17/h1-13,29H,14-16H2/t24-/m0/s1. The zero-order chi connectivity index (χ0) is 20.4. The van der Waals surface area contributed by atoms with E-state index in [1.54, 1.807) is 41.3 Å². The Labute approximate surface area is 174 Å². The van der Waals surface area contributed by atoms with E-state index in [9.17, 15) is 14.7 Å². The highest BCUT2D eigenvalue weighted by Gasteiger charge is 2.50. The fraction of sp³-hybridized carbons (Fsp3) is 0.167. The number of halogens is 1. The van der Waals surface area contributed by atoms with E-state index in [2.05, 4.69) is 0 Å². The Balaban J connectivity index is 1.60. The molecule has 5 heteroatoms. The van der Waals surface area contributed by atoms with Crippen molar-refractivity contribution in [3.63, 3.8) is 0 Å². The van der Waals surface area contributed by atoms with Crippen molar-refractivity contribution in [1.82, 2.24) is 0 Å². The summed E-state index contributed by atoms with van der Waals surface area (Å²) in [5.74, 6) is -0.769. The van der Waals surface area contributed by atoms with Crippen molar-refractivity contribution in [2.24, 2.45) is 0 Å². The molecule has 3 aromatic carbocycles. The van der Waals surface area contributed by atoms with Crippen LogP contribution >= 0.6 is 11.6 Å². The molecule has 0 aromatic heterocycles. The molecule has 4 rings (SSSR count). The maximum absolute atomic E-state index is 13.2. The third kappa shape index (κ3) is 3.69. The highest BCUT2D eigenvalue weighted by atomic mass is 35.5. The van der Waals surface area contributed by atoms with E-state index in [4.69, 9.17) is 11.6 Å².